The number of hydrogen-bond donors (Lipinski definition) is 1. The fraction of sp³-hybridized carbons (Fsp3) is 0.250. The van der Waals surface area contributed by atoms with Crippen LogP contribution in [0.25, 0.3) is 0 Å². The molecule has 2 aromatic rings. The summed E-state index contributed by atoms with van der Waals surface area (Å²) < 4.78 is 16.8. The average molecular weight is 340 g/mol. The van der Waals surface area contributed by atoms with Gasteiger partial charge in [-0.3, -0.25) is 0 Å². The maximum atomic E-state index is 12.1. The number of benzene rings is 2. The van der Waals surface area contributed by atoms with Crippen LogP contribution in [-0.4, -0.2) is 23.8 Å². The molecule has 2 aromatic carbocycles. The first kappa shape index (κ1) is 17.0. The summed E-state index contributed by atoms with van der Waals surface area (Å²) >= 11 is 0. The van der Waals surface area contributed by atoms with Crippen LogP contribution in [0.15, 0.2) is 72.2 Å². The zero-order valence-electron chi connectivity index (χ0n) is 13.8. The van der Waals surface area contributed by atoms with E-state index in [0.717, 1.165) is 11.1 Å². The molecule has 0 spiro atoms. The minimum absolute atomic E-state index is 0.0817. The van der Waals surface area contributed by atoms with Crippen LogP contribution in [0.4, 0.5) is 0 Å². The third-order valence-corrected chi connectivity index (χ3v) is 3.81. The van der Waals surface area contributed by atoms with Crippen LogP contribution in [0, 0.1) is 0 Å². The second kappa shape index (κ2) is 8.35. The molecule has 1 aliphatic heterocycles. The molecule has 5 nitrogen and oxygen atoms in total. The van der Waals surface area contributed by atoms with Gasteiger partial charge in [-0.2, -0.15) is 0 Å². The molecule has 1 atom stereocenters. The molecule has 1 aliphatic rings. The van der Waals surface area contributed by atoms with Crippen LogP contribution >= 0.6 is 0 Å². The predicted octanol–water partition coefficient (Wildman–Crippen LogP) is 2.94. The number of carbonyl (C=O) groups is 1. The van der Waals surface area contributed by atoms with Gasteiger partial charge in [0.05, 0.1) is 0 Å². The van der Waals surface area contributed by atoms with Crippen LogP contribution in [0.2, 0.25) is 0 Å². The van der Waals surface area contributed by atoms with E-state index in [2.05, 4.69) is 0 Å². The highest BCUT2D eigenvalue weighted by atomic mass is 16.6. The van der Waals surface area contributed by atoms with Crippen LogP contribution in [0.5, 0.6) is 0 Å². The van der Waals surface area contributed by atoms with E-state index in [1.54, 1.807) is 0 Å². The van der Waals surface area contributed by atoms with Crippen LogP contribution in [0.1, 0.15) is 17.5 Å². The quantitative estimate of drug-likeness (QED) is 0.749. The van der Waals surface area contributed by atoms with Crippen molar-refractivity contribution < 1.29 is 24.1 Å². The molecular formula is C20H20O5. The summed E-state index contributed by atoms with van der Waals surface area (Å²) in [5.74, 6) is -0.130. The number of aliphatic hydroxyl groups is 1. The van der Waals surface area contributed by atoms with E-state index >= 15 is 0 Å². The summed E-state index contributed by atoms with van der Waals surface area (Å²) in [6, 6.07) is 19.2. The topological polar surface area (TPSA) is 65.0 Å². The van der Waals surface area contributed by atoms with Crippen molar-refractivity contribution >= 4 is 5.97 Å². The molecule has 130 valence electrons. The molecule has 0 saturated carbocycles. The lowest BCUT2D eigenvalue weighted by Crippen LogP contribution is -2.15. The van der Waals surface area contributed by atoms with E-state index in [1.807, 2.05) is 60.7 Å². The maximum Gasteiger partial charge on any atom is 0.378 e. The summed E-state index contributed by atoms with van der Waals surface area (Å²) in [6.07, 6.45) is -0.347. The van der Waals surface area contributed by atoms with Gasteiger partial charge >= 0.3 is 5.97 Å². The zero-order valence-corrected chi connectivity index (χ0v) is 13.8. The average Bonchev–Trinajstić information content (AvgIpc) is 2.95. The van der Waals surface area contributed by atoms with Gasteiger partial charge in [0, 0.05) is 13.0 Å². The van der Waals surface area contributed by atoms with Crippen LogP contribution < -0.4 is 0 Å². The molecule has 0 aliphatic carbocycles. The van der Waals surface area contributed by atoms with Gasteiger partial charge in [0.1, 0.15) is 13.2 Å². The normalized spacial score (nSPS) is 16.7. The van der Waals surface area contributed by atoms with Crippen molar-refractivity contribution in [2.24, 2.45) is 0 Å². The molecule has 0 saturated heterocycles. The summed E-state index contributed by atoms with van der Waals surface area (Å²) in [4.78, 5) is 12.1. The fourth-order valence-corrected chi connectivity index (χ4v) is 2.54. The van der Waals surface area contributed by atoms with Gasteiger partial charge in [-0.05, 0) is 11.1 Å². The van der Waals surface area contributed by atoms with Gasteiger partial charge in [-0.15, -0.1) is 0 Å². The van der Waals surface area contributed by atoms with Gasteiger partial charge in [0.2, 0.25) is 5.76 Å². The molecule has 3 rings (SSSR count). The van der Waals surface area contributed by atoms with E-state index in [-0.39, 0.29) is 25.4 Å². The molecule has 5 heteroatoms. The van der Waals surface area contributed by atoms with E-state index in [1.165, 1.54) is 0 Å². The highest BCUT2D eigenvalue weighted by molar-refractivity contribution is 5.89. The SMILES string of the molecule is O=C1OC(CCO)C(OCc2ccccc2)=C1OCc1ccccc1. The van der Waals surface area contributed by atoms with E-state index in [9.17, 15) is 9.90 Å². The lowest BCUT2D eigenvalue weighted by molar-refractivity contribution is -0.143. The van der Waals surface area contributed by atoms with Crippen molar-refractivity contribution in [2.75, 3.05) is 6.61 Å². The molecule has 25 heavy (non-hydrogen) atoms. The summed E-state index contributed by atoms with van der Waals surface area (Å²) in [6.45, 7) is 0.435. The first-order valence-corrected chi connectivity index (χ1v) is 8.17. The minimum Gasteiger partial charge on any atom is -0.485 e. The highest BCUT2D eigenvalue weighted by Gasteiger charge is 2.37. The van der Waals surface area contributed by atoms with E-state index in [4.69, 9.17) is 14.2 Å². The smallest absolute Gasteiger partial charge is 0.378 e. The van der Waals surface area contributed by atoms with Gasteiger partial charge in [0.15, 0.2) is 11.9 Å². The molecule has 0 aromatic heterocycles. The molecule has 1 unspecified atom stereocenters. The third kappa shape index (κ3) is 4.39. The van der Waals surface area contributed by atoms with Crippen LogP contribution in [-0.2, 0) is 32.2 Å². The Labute approximate surface area is 146 Å². The monoisotopic (exact) mass is 340 g/mol. The Bertz CT molecular complexity index is 724. The number of carbonyl (C=O) groups excluding carboxylic acids is 1. The molecule has 1 N–H and O–H groups in total. The molecule has 0 fully saturated rings. The van der Waals surface area contributed by atoms with Gasteiger partial charge in [-0.25, -0.2) is 4.79 Å². The van der Waals surface area contributed by atoms with E-state index < -0.39 is 12.1 Å². The van der Waals surface area contributed by atoms with Crippen molar-refractivity contribution in [3.63, 3.8) is 0 Å². The lowest BCUT2D eigenvalue weighted by atomic mass is 10.2. The number of esters is 1. The Balaban J connectivity index is 1.74. The zero-order chi connectivity index (χ0) is 17.5. The fourth-order valence-electron chi connectivity index (χ4n) is 2.54. The number of rotatable bonds is 8. The van der Waals surface area contributed by atoms with Crippen molar-refractivity contribution in [3.05, 3.63) is 83.3 Å². The predicted molar refractivity (Wildman–Crippen MR) is 91.1 cm³/mol. The Morgan fingerprint density at radius 2 is 1.44 bits per heavy atom. The molecule has 1 heterocycles. The Hall–Kier alpha value is -2.79. The number of aliphatic hydroxyl groups excluding tert-OH is 1. The Morgan fingerprint density at radius 3 is 2.00 bits per heavy atom. The van der Waals surface area contributed by atoms with Crippen LogP contribution in [0.3, 0.4) is 0 Å². The minimum atomic E-state index is -0.619. The second-order valence-corrected chi connectivity index (χ2v) is 5.65. The van der Waals surface area contributed by atoms with E-state index in [0.29, 0.717) is 12.4 Å². The summed E-state index contributed by atoms with van der Waals surface area (Å²) in [7, 11) is 0. The Morgan fingerprint density at radius 1 is 0.880 bits per heavy atom. The summed E-state index contributed by atoms with van der Waals surface area (Å²) in [5.41, 5.74) is 1.91. The summed E-state index contributed by atoms with van der Waals surface area (Å²) in [5, 5.41) is 9.20. The van der Waals surface area contributed by atoms with Crippen molar-refractivity contribution in [3.8, 4) is 0 Å². The largest absolute Gasteiger partial charge is 0.485 e. The Kier molecular flexibility index (Phi) is 5.69. The van der Waals surface area contributed by atoms with Gasteiger partial charge in [0.25, 0.3) is 0 Å². The first-order valence-electron chi connectivity index (χ1n) is 8.17. The lowest BCUT2D eigenvalue weighted by Gasteiger charge is -2.14. The van der Waals surface area contributed by atoms with Crippen molar-refractivity contribution in [1.82, 2.24) is 0 Å². The number of cyclic esters (lactones) is 1. The highest BCUT2D eigenvalue weighted by Crippen LogP contribution is 2.28. The standard InChI is InChI=1S/C20H20O5/c21-12-11-17-18(23-13-15-7-3-1-4-8-15)19(20(22)25-17)24-14-16-9-5-2-6-10-16/h1-10,17,21H,11-14H2. The second-order valence-electron chi connectivity index (χ2n) is 5.65. The third-order valence-electron chi connectivity index (χ3n) is 3.81. The molecule has 0 amide bonds. The molecule has 0 bridgehead atoms. The molecule has 0 radical (unpaired) electrons. The first-order chi connectivity index (χ1) is 12.3. The number of hydrogen-bond acceptors (Lipinski definition) is 5. The molecular weight excluding hydrogens is 320 g/mol. The number of ether oxygens (including phenoxy) is 3. The van der Waals surface area contributed by atoms with Crippen molar-refractivity contribution in [1.29, 1.82) is 0 Å². The maximum absolute atomic E-state index is 12.1. The van der Waals surface area contributed by atoms with Crippen molar-refractivity contribution in [2.45, 2.75) is 25.7 Å². The van der Waals surface area contributed by atoms with Gasteiger partial charge in [-0.1, -0.05) is 60.7 Å². The van der Waals surface area contributed by atoms with Gasteiger partial charge < -0.3 is 19.3 Å².